The molecule has 1 fully saturated rings. The molecule has 2 N–H and O–H groups in total. The second kappa shape index (κ2) is 9.50. The van der Waals surface area contributed by atoms with Crippen molar-refractivity contribution in [3.8, 4) is 16.9 Å². The molecule has 0 aliphatic carbocycles. The Hall–Kier alpha value is -3.72. The molecule has 0 spiro atoms. The lowest BCUT2D eigenvalue weighted by Crippen LogP contribution is -2.40. The highest BCUT2D eigenvalue weighted by molar-refractivity contribution is 6.30. The number of nitrogens with two attached hydrogens (primary N) is 1. The predicted octanol–water partition coefficient (Wildman–Crippen LogP) is 4.64. The molecule has 0 radical (unpaired) electrons. The van der Waals surface area contributed by atoms with Crippen LogP contribution in [0.25, 0.3) is 28.0 Å². The summed E-state index contributed by atoms with van der Waals surface area (Å²) in [6.07, 6.45) is 1.55. The second-order valence-electron chi connectivity index (χ2n) is 8.40. The van der Waals surface area contributed by atoms with Crippen molar-refractivity contribution in [3.05, 3.63) is 59.4 Å². The van der Waals surface area contributed by atoms with Crippen molar-refractivity contribution in [2.24, 2.45) is 5.92 Å². The number of benzene rings is 2. The van der Waals surface area contributed by atoms with Crippen LogP contribution >= 0.6 is 11.6 Å². The van der Waals surface area contributed by atoms with Crippen LogP contribution in [0.2, 0.25) is 5.02 Å². The van der Waals surface area contributed by atoms with Gasteiger partial charge in [-0.3, -0.25) is 4.79 Å². The zero-order chi connectivity index (χ0) is 24.5. The first kappa shape index (κ1) is 23.0. The van der Waals surface area contributed by atoms with E-state index in [-0.39, 0.29) is 17.7 Å². The summed E-state index contributed by atoms with van der Waals surface area (Å²) in [6, 6.07) is 13.3. The van der Waals surface area contributed by atoms with Gasteiger partial charge in [0.1, 0.15) is 11.6 Å². The monoisotopic (exact) mass is 494 g/mol. The number of rotatable bonds is 5. The van der Waals surface area contributed by atoms with Gasteiger partial charge >= 0.3 is 5.97 Å². The fourth-order valence-corrected chi connectivity index (χ4v) is 4.59. The molecular weight excluding hydrogens is 471 g/mol. The molecule has 0 saturated carbocycles. The van der Waals surface area contributed by atoms with Crippen LogP contribution in [0.5, 0.6) is 0 Å². The Balaban J connectivity index is 1.65. The lowest BCUT2D eigenvalue weighted by Gasteiger charge is -2.31. The third-order valence-electron chi connectivity index (χ3n) is 6.03. The van der Waals surface area contributed by atoms with Gasteiger partial charge in [0, 0.05) is 23.7 Å². The van der Waals surface area contributed by atoms with Crippen LogP contribution in [0.1, 0.15) is 19.8 Å². The number of aromatic nitrogens is 4. The molecule has 2 aromatic carbocycles. The van der Waals surface area contributed by atoms with Crippen LogP contribution in [-0.2, 0) is 9.53 Å². The Kier molecular flexibility index (Phi) is 6.25. The van der Waals surface area contributed by atoms with Crippen molar-refractivity contribution in [3.63, 3.8) is 0 Å². The number of esters is 1. The van der Waals surface area contributed by atoms with Crippen molar-refractivity contribution in [1.82, 2.24) is 19.7 Å². The third-order valence-corrected chi connectivity index (χ3v) is 6.27. The van der Waals surface area contributed by atoms with Crippen molar-refractivity contribution >= 4 is 40.4 Å². The minimum absolute atomic E-state index is 0.215. The predicted molar refractivity (Wildman–Crippen MR) is 133 cm³/mol. The lowest BCUT2D eigenvalue weighted by molar-refractivity contribution is -0.148. The average molecular weight is 495 g/mol. The summed E-state index contributed by atoms with van der Waals surface area (Å²) in [5.74, 6) is -0.150. The minimum atomic E-state index is -0.401. The molecule has 2 aromatic heterocycles. The van der Waals surface area contributed by atoms with Crippen LogP contribution in [0.4, 0.5) is 16.2 Å². The SMILES string of the molecule is CCOC(=O)C1CCCN(c2nc(-c3cccc(Cl)c3)c3c(N)n(-c4cccc(F)c4)nc3n2)C1. The number of hydrogen-bond acceptors (Lipinski definition) is 7. The first-order chi connectivity index (χ1) is 16.9. The first-order valence-electron chi connectivity index (χ1n) is 11.4. The summed E-state index contributed by atoms with van der Waals surface area (Å²) in [7, 11) is 0. The zero-order valence-corrected chi connectivity index (χ0v) is 19.9. The van der Waals surface area contributed by atoms with E-state index in [2.05, 4.69) is 5.10 Å². The van der Waals surface area contributed by atoms with E-state index in [0.717, 1.165) is 18.4 Å². The summed E-state index contributed by atoms with van der Waals surface area (Å²) in [4.78, 5) is 23.9. The van der Waals surface area contributed by atoms with E-state index in [1.807, 2.05) is 17.0 Å². The number of carbonyl (C=O) groups is 1. The molecule has 0 bridgehead atoms. The average Bonchev–Trinajstić information content (AvgIpc) is 3.20. The van der Waals surface area contributed by atoms with Gasteiger partial charge in [0.2, 0.25) is 5.95 Å². The van der Waals surface area contributed by atoms with Crippen LogP contribution in [-0.4, -0.2) is 45.4 Å². The fraction of sp³-hybridized carbons (Fsp3) is 0.280. The first-order valence-corrected chi connectivity index (χ1v) is 11.8. The van der Waals surface area contributed by atoms with Gasteiger partial charge in [0.25, 0.3) is 0 Å². The number of anilines is 2. The molecular formula is C25H24ClFN6O2. The van der Waals surface area contributed by atoms with E-state index in [1.54, 1.807) is 31.2 Å². The molecule has 4 aromatic rings. The second-order valence-corrected chi connectivity index (χ2v) is 8.83. The van der Waals surface area contributed by atoms with Crippen LogP contribution in [0.3, 0.4) is 0 Å². The highest BCUT2D eigenvalue weighted by Gasteiger charge is 2.29. The molecule has 8 nitrogen and oxygen atoms in total. The zero-order valence-electron chi connectivity index (χ0n) is 19.1. The number of ether oxygens (including phenoxy) is 1. The van der Waals surface area contributed by atoms with Gasteiger partial charge in [-0.15, -0.1) is 5.10 Å². The molecule has 1 atom stereocenters. The Labute approximate surface area is 206 Å². The minimum Gasteiger partial charge on any atom is -0.466 e. The maximum atomic E-state index is 13.9. The van der Waals surface area contributed by atoms with E-state index in [1.165, 1.54) is 16.8 Å². The number of hydrogen-bond donors (Lipinski definition) is 1. The van der Waals surface area contributed by atoms with Crippen molar-refractivity contribution in [1.29, 1.82) is 0 Å². The van der Waals surface area contributed by atoms with Crippen LogP contribution < -0.4 is 10.6 Å². The number of halogens is 2. The van der Waals surface area contributed by atoms with Crippen molar-refractivity contribution in [2.75, 3.05) is 30.3 Å². The van der Waals surface area contributed by atoms with Crippen molar-refractivity contribution < 1.29 is 13.9 Å². The van der Waals surface area contributed by atoms with Gasteiger partial charge in [0.05, 0.1) is 29.3 Å². The number of nitrogen functional groups attached to an aromatic ring is 1. The molecule has 10 heteroatoms. The highest BCUT2D eigenvalue weighted by atomic mass is 35.5. The standard InChI is InChI=1S/C25H24ClFN6O2/c1-2-35-24(34)16-7-5-11-32(14-16)25-29-21(15-6-3-8-17(26)12-15)20-22(28)33(31-23(20)30-25)19-10-4-9-18(27)13-19/h3-4,6,8-10,12-13,16H,2,5,7,11,14,28H2,1H3. The Morgan fingerprint density at radius 2 is 2.06 bits per heavy atom. The molecule has 1 unspecified atom stereocenters. The van der Waals surface area contributed by atoms with E-state index in [4.69, 9.17) is 32.0 Å². The maximum Gasteiger partial charge on any atom is 0.310 e. The molecule has 1 aliphatic rings. The van der Waals surface area contributed by atoms with E-state index >= 15 is 0 Å². The van der Waals surface area contributed by atoms with E-state index in [9.17, 15) is 9.18 Å². The summed E-state index contributed by atoms with van der Waals surface area (Å²) in [5, 5.41) is 5.68. The maximum absolute atomic E-state index is 13.9. The molecule has 1 saturated heterocycles. The van der Waals surface area contributed by atoms with Gasteiger partial charge < -0.3 is 15.4 Å². The topological polar surface area (TPSA) is 99.2 Å². The van der Waals surface area contributed by atoms with Gasteiger partial charge in [-0.1, -0.05) is 29.8 Å². The van der Waals surface area contributed by atoms with Gasteiger partial charge in [-0.2, -0.15) is 4.98 Å². The van der Waals surface area contributed by atoms with Gasteiger partial charge in [0.15, 0.2) is 5.65 Å². The van der Waals surface area contributed by atoms with Crippen LogP contribution in [0, 0.1) is 11.7 Å². The largest absolute Gasteiger partial charge is 0.466 e. The van der Waals surface area contributed by atoms with Gasteiger partial charge in [-0.25, -0.2) is 14.1 Å². The van der Waals surface area contributed by atoms with E-state index < -0.39 is 5.82 Å². The summed E-state index contributed by atoms with van der Waals surface area (Å²) >= 11 is 6.28. The summed E-state index contributed by atoms with van der Waals surface area (Å²) < 4.78 is 20.6. The number of fused-ring (bicyclic) bond motifs is 1. The number of nitrogens with zero attached hydrogens (tertiary/aromatic N) is 5. The quantitative estimate of drug-likeness (QED) is 0.403. The highest BCUT2D eigenvalue weighted by Crippen LogP contribution is 2.35. The molecule has 0 amide bonds. The lowest BCUT2D eigenvalue weighted by atomic mass is 9.98. The Bertz CT molecular complexity index is 1410. The molecule has 1 aliphatic heterocycles. The van der Waals surface area contributed by atoms with Crippen molar-refractivity contribution in [2.45, 2.75) is 19.8 Å². The summed E-state index contributed by atoms with van der Waals surface area (Å²) in [6.45, 7) is 3.27. The summed E-state index contributed by atoms with van der Waals surface area (Å²) in [5.41, 5.74) is 8.66. The Morgan fingerprint density at radius 3 is 2.83 bits per heavy atom. The third kappa shape index (κ3) is 4.51. The molecule has 35 heavy (non-hydrogen) atoms. The number of carbonyl (C=O) groups excluding carboxylic acids is 1. The fourth-order valence-electron chi connectivity index (χ4n) is 4.40. The Morgan fingerprint density at radius 1 is 1.23 bits per heavy atom. The molecule has 3 heterocycles. The number of piperidine rings is 1. The smallest absolute Gasteiger partial charge is 0.310 e. The van der Waals surface area contributed by atoms with Gasteiger partial charge in [-0.05, 0) is 50.1 Å². The van der Waals surface area contributed by atoms with Crippen LogP contribution in [0.15, 0.2) is 48.5 Å². The van der Waals surface area contributed by atoms with E-state index in [0.29, 0.717) is 53.1 Å². The molecule has 5 rings (SSSR count). The molecule has 180 valence electrons. The normalized spacial score (nSPS) is 16.0.